The van der Waals surface area contributed by atoms with Crippen molar-refractivity contribution in [1.82, 2.24) is 9.78 Å². The molecule has 94 valence electrons. The van der Waals surface area contributed by atoms with Crippen LogP contribution in [0.3, 0.4) is 0 Å². The maximum Gasteiger partial charge on any atom is 0.358 e. The van der Waals surface area contributed by atoms with Crippen molar-refractivity contribution >= 4 is 5.97 Å². The van der Waals surface area contributed by atoms with E-state index in [-0.39, 0.29) is 12.3 Å². The average molecular weight is 246 g/mol. The SMILES string of the molecule is COC(=O)c1cc(C)n(-c2ccccc2CO)n1. The molecule has 0 aliphatic heterocycles. The molecule has 0 fully saturated rings. The summed E-state index contributed by atoms with van der Waals surface area (Å²) >= 11 is 0. The Morgan fingerprint density at radius 2 is 2.17 bits per heavy atom. The highest BCUT2D eigenvalue weighted by Crippen LogP contribution is 2.17. The highest BCUT2D eigenvalue weighted by molar-refractivity contribution is 5.87. The predicted octanol–water partition coefficient (Wildman–Crippen LogP) is 1.46. The lowest BCUT2D eigenvalue weighted by Crippen LogP contribution is -2.06. The Morgan fingerprint density at radius 3 is 2.83 bits per heavy atom. The summed E-state index contributed by atoms with van der Waals surface area (Å²) in [5.41, 5.74) is 2.56. The molecule has 0 aliphatic rings. The molecule has 18 heavy (non-hydrogen) atoms. The number of aliphatic hydroxyl groups excluding tert-OH is 1. The van der Waals surface area contributed by atoms with Gasteiger partial charge in [0.1, 0.15) is 0 Å². The summed E-state index contributed by atoms with van der Waals surface area (Å²) in [4.78, 5) is 11.4. The van der Waals surface area contributed by atoms with Crippen LogP contribution in [0.5, 0.6) is 0 Å². The average Bonchev–Trinajstić information content (AvgIpc) is 2.79. The second-order valence-corrected chi connectivity index (χ2v) is 3.86. The van der Waals surface area contributed by atoms with E-state index in [1.54, 1.807) is 10.7 Å². The minimum absolute atomic E-state index is 0.0803. The van der Waals surface area contributed by atoms with Crippen molar-refractivity contribution < 1.29 is 14.6 Å². The van der Waals surface area contributed by atoms with Crippen LogP contribution in [-0.4, -0.2) is 28.0 Å². The van der Waals surface area contributed by atoms with E-state index in [4.69, 9.17) is 0 Å². The first-order valence-corrected chi connectivity index (χ1v) is 5.51. The van der Waals surface area contributed by atoms with E-state index in [0.29, 0.717) is 0 Å². The van der Waals surface area contributed by atoms with Gasteiger partial charge in [-0.05, 0) is 19.1 Å². The van der Waals surface area contributed by atoms with E-state index < -0.39 is 5.97 Å². The van der Waals surface area contributed by atoms with E-state index in [1.165, 1.54) is 7.11 Å². The third-order valence-corrected chi connectivity index (χ3v) is 2.67. The third kappa shape index (κ3) is 2.12. The Labute approximate surface area is 105 Å². The minimum atomic E-state index is -0.474. The number of methoxy groups -OCH3 is 1. The van der Waals surface area contributed by atoms with Crippen LogP contribution in [0.15, 0.2) is 30.3 Å². The number of nitrogens with zero attached hydrogens (tertiary/aromatic N) is 2. The summed E-state index contributed by atoms with van der Waals surface area (Å²) in [5.74, 6) is -0.474. The van der Waals surface area contributed by atoms with Crippen LogP contribution < -0.4 is 0 Å². The van der Waals surface area contributed by atoms with Gasteiger partial charge in [-0.2, -0.15) is 5.10 Å². The molecule has 0 radical (unpaired) electrons. The van der Waals surface area contributed by atoms with Gasteiger partial charge in [-0.25, -0.2) is 9.48 Å². The van der Waals surface area contributed by atoms with Crippen molar-refractivity contribution in [3.63, 3.8) is 0 Å². The zero-order valence-electron chi connectivity index (χ0n) is 10.3. The number of benzene rings is 1. The Hall–Kier alpha value is -2.14. The Bertz CT molecular complexity index is 575. The first-order chi connectivity index (χ1) is 8.67. The summed E-state index contributed by atoms with van der Waals surface area (Å²) in [6.45, 7) is 1.76. The monoisotopic (exact) mass is 246 g/mol. The van der Waals surface area contributed by atoms with Gasteiger partial charge >= 0.3 is 5.97 Å². The van der Waals surface area contributed by atoms with Gasteiger partial charge in [-0.1, -0.05) is 18.2 Å². The number of hydrogen-bond donors (Lipinski definition) is 1. The second-order valence-electron chi connectivity index (χ2n) is 3.86. The van der Waals surface area contributed by atoms with Crippen LogP contribution in [0, 0.1) is 6.92 Å². The van der Waals surface area contributed by atoms with Crippen LogP contribution in [0.25, 0.3) is 5.69 Å². The van der Waals surface area contributed by atoms with Crippen LogP contribution in [0.2, 0.25) is 0 Å². The largest absolute Gasteiger partial charge is 0.464 e. The molecule has 0 atom stereocenters. The Kier molecular flexibility index (Phi) is 3.43. The van der Waals surface area contributed by atoms with Gasteiger partial charge in [0.2, 0.25) is 0 Å². The molecule has 5 nitrogen and oxygen atoms in total. The number of carbonyl (C=O) groups excluding carboxylic acids is 1. The number of aromatic nitrogens is 2. The molecule has 1 heterocycles. The summed E-state index contributed by atoms with van der Waals surface area (Å²) in [7, 11) is 1.32. The van der Waals surface area contributed by atoms with Crippen molar-refractivity contribution in [3.05, 3.63) is 47.3 Å². The number of hydrogen-bond acceptors (Lipinski definition) is 4. The maximum absolute atomic E-state index is 11.4. The maximum atomic E-state index is 11.4. The highest BCUT2D eigenvalue weighted by atomic mass is 16.5. The molecular weight excluding hydrogens is 232 g/mol. The lowest BCUT2D eigenvalue weighted by atomic mass is 10.2. The third-order valence-electron chi connectivity index (χ3n) is 2.67. The first-order valence-electron chi connectivity index (χ1n) is 5.51. The van der Waals surface area contributed by atoms with E-state index in [9.17, 15) is 9.90 Å². The van der Waals surface area contributed by atoms with E-state index in [1.807, 2.05) is 31.2 Å². The molecule has 5 heteroatoms. The van der Waals surface area contributed by atoms with Gasteiger partial charge in [-0.3, -0.25) is 0 Å². The van der Waals surface area contributed by atoms with E-state index >= 15 is 0 Å². The molecule has 0 bridgehead atoms. The Balaban J connectivity index is 2.51. The van der Waals surface area contributed by atoms with Gasteiger partial charge < -0.3 is 9.84 Å². The molecule has 0 amide bonds. The molecule has 0 aliphatic carbocycles. The highest BCUT2D eigenvalue weighted by Gasteiger charge is 2.14. The molecule has 2 aromatic rings. The fourth-order valence-electron chi connectivity index (χ4n) is 1.77. The number of carbonyl (C=O) groups is 1. The van der Waals surface area contributed by atoms with Gasteiger partial charge in [0.25, 0.3) is 0 Å². The number of esters is 1. The number of aliphatic hydroxyl groups is 1. The zero-order valence-corrected chi connectivity index (χ0v) is 10.3. The topological polar surface area (TPSA) is 64.3 Å². The number of para-hydroxylation sites is 1. The minimum Gasteiger partial charge on any atom is -0.464 e. The summed E-state index contributed by atoms with van der Waals surface area (Å²) in [6.07, 6.45) is 0. The van der Waals surface area contributed by atoms with Crippen molar-refractivity contribution in [2.75, 3.05) is 7.11 Å². The first kappa shape index (κ1) is 12.3. The van der Waals surface area contributed by atoms with Gasteiger partial charge in [0, 0.05) is 11.3 Å². The standard InChI is InChI=1S/C13H14N2O3/c1-9-7-11(13(17)18-2)14-15(9)12-6-4-3-5-10(12)8-16/h3-7,16H,8H2,1-2H3. The van der Waals surface area contributed by atoms with Crippen molar-refractivity contribution in [2.24, 2.45) is 0 Å². The molecule has 2 rings (SSSR count). The molecule has 0 unspecified atom stereocenters. The fraction of sp³-hybridized carbons (Fsp3) is 0.231. The number of aryl methyl sites for hydroxylation is 1. The summed E-state index contributed by atoms with van der Waals surface area (Å²) in [6, 6.07) is 9.00. The summed E-state index contributed by atoms with van der Waals surface area (Å²) < 4.78 is 6.26. The van der Waals surface area contributed by atoms with Crippen LogP contribution >= 0.6 is 0 Å². The quantitative estimate of drug-likeness (QED) is 0.833. The van der Waals surface area contributed by atoms with Crippen LogP contribution in [-0.2, 0) is 11.3 Å². The molecule has 1 aromatic heterocycles. The molecule has 0 saturated carbocycles. The normalized spacial score (nSPS) is 10.4. The molecule has 0 spiro atoms. The lowest BCUT2D eigenvalue weighted by Gasteiger charge is -2.08. The van der Waals surface area contributed by atoms with Gasteiger partial charge in [-0.15, -0.1) is 0 Å². The van der Waals surface area contributed by atoms with Gasteiger partial charge in [0.15, 0.2) is 5.69 Å². The van der Waals surface area contributed by atoms with E-state index in [2.05, 4.69) is 9.84 Å². The van der Waals surface area contributed by atoms with E-state index in [0.717, 1.165) is 16.9 Å². The zero-order chi connectivity index (χ0) is 13.1. The molecule has 1 N–H and O–H groups in total. The molecular formula is C13H14N2O3. The van der Waals surface area contributed by atoms with Crippen molar-refractivity contribution in [1.29, 1.82) is 0 Å². The lowest BCUT2D eigenvalue weighted by molar-refractivity contribution is 0.0593. The van der Waals surface area contributed by atoms with Gasteiger partial charge in [0.05, 0.1) is 19.4 Å². The fourth-order valence-corrected chi connectivity index (χ4v) is 1.77. The number of rotatable bonds is 3. The van der Waals surface area contributed by atoms with Crippen LogP contribution in [0.4, 0.5) is 0 Å². The van der Waals surface area contributed by atoms with Crippen molar-refractivity contribution in [2.45, 2.75) is 13.5 Å². The predicted molar refractivity (Wildman–Crippen MR) is 65.6 cm³/mol. The molecule has 1 aromatic carbocycles. The molecule has 0 saturated heterocycles. The van der Waals surface area contributed by atoms with Crippen molar-refractivity contribution in [3.8, 4) is 5.69 Å². The Morgan fingerprint density at radius 1 is 1.44 bits per heavy atom. The number of ether oxygens (including phenoxy) is 1. The van der Waals surface area contributed by atoms with Crippen LogP contribution in [0.1, 0.15) is 21.7 Å². The smallest absolute Gasteiger partial charge is 0.358 e. The second kappa shape index (κ2) is 5.01. The summed E-state index contributed by atoms with van der Waals surface area (Å²) in [5, 5.41) is 13.5.